The zero-order valence-corrected chi connectivity index (χ0v) is 8.06. The summed E-state index contributed by atoms with van der Waals surface area (Å²) in [5.41, 5.74) is 2.44. The maximum absolute atomic E-state index is 4.36. The van der Waals surface area contributed by atoms with E-state index in [9.17, 15) is 0 Å². The van der Waals surface area contributed by atoms with E-state index in [2.05, 4.69) is 21.1 Å². The van der Waals surface area contributed by atoms with Crippen molar-refractivity contribution in [2.24, 2.45) is 5.92 Å². The first-order chi connectivity index (χ1) is 6.93. The molecular weight excluding hydrogens is 174 g/mol. The molecule has 3 heteroatoms. The Bertz CT molecular complexity index is 350. The van der Waals surface area contributed by atoms with Crippen molar-refractivity contribution in [3.05, 3.63) is 30.5 Å². The van der Waals surface area contributed by atoms with E-state index in [4.69, 9.17) is 0 Å². The highest BCUT2D eigenvalue weighted by atomic mass is 15.1. The van der Waals surface area contributed by atoms with Crippen molar-refractivity contribution in [1.29, 1.82) is 0 Å². The minimum absolute atomic E-state index is 0.719. The van der Waals surface area contributed by atoms with Gasteiger partial charge in [-0.2, -0.15) is 0 Å². The summed E-state index contributed by atoms with van der Waals surface area (Å²) in [7, 11) is 0. The van der Waals surface area contributed by atoms with Crippen LogP contribution in [0.1, 0.15) is 18.5 Å². The molecule has 0 saturated carbocycles. The van der Waals surface area contributed by atoms with Gasteiger partial charge in [0.1, 0.15) is 0 Å². The lowest BCUT2D eigenvalue weighted by molar-refractivity contribution is 0.252. The highest BCUT2D eigenvalue weighted by Gasteiger charge is 2.28. The van der Waals surface area contributed by atoms with E-state index in [1.807, 2.05) is 6.20 Å². The van der Waals surface area contributed by atoms with Crippen LogP contribution in [0.25, 0.3) is 5.57 Å². The van der Waals surface area contributed by atoms with Crippen LogP contribution in [-0.4, -0.2) is 28.0 Å². The normalized spacial score (nSPS) is 21.1. The molecule has 0 aliphatic carbocycles. The molecule has 3 aliphatic rings. The predicted molar refractivity (Wildman–Crippen MR) is 54.3 cm³/mol. The molecular formula is C11H13N3. The Labute approximate surface area is 83.5 Å². The molecule has 0 amide bonds. The SMILES string of the molecule is C1=C(c2cnccn2)C2CCN1CC2. The third-order valence-electron chi connectivity index (χ3n) is 3.15. The second kappa shape index (κ2) is 3.08. The summed E-state index contributed by atoms with van der Waals surface area (Å²) in [5, 5.41) is 0. The first-order valence-electron chi connectivity index (χ1n) is 5.15. The summed E-state index contributed by atoms with van der Waals surface area (Å²) in [6.45, 7) is 2.43. The average molecular weight is 187 g/mol. The zero-order valence-electron chi connectivity index (χ0n) is 8.06. The fourth-order valence-electron chi connectivity index (χ4n) is 2.37. The van der Waals surface area contributed by atoms with E-state index in [-0.39, 0.29) is 0 Å². The summed E-state index contributed by atoms with van der Waals surface area (Å²) in [6.07, 6.45) is 10.2. The van der Waals surface area contributed by atoms with Crippen LogP contribution < -0.4 is 0 Å². The molecule has 0 aromatic carbocycles. The van der Waals surface area contributed by atoms with Gasteiger partial charge in [0, 0.05) is 31.7 Å². The van der Waals surface area contributed by atoms with E-state index in [0.717, 1.165) is 11.6 Å². The van der Waals surface area contributed by atoms with Crippen molar-refractivity contribution in [3.8, 4) is 0 Å². The molecule has 1 aromatic heterocycles. The Morgan fingerprint density at radius 3 is 2.64 bits per heavy atom. The molecule has 4 rings (SSSR count). The Balaban J connectivity index is 2.00. The summed E-state index contributed by atoms with van der Waals surface area (Å²) >= 11 is 0. The average Bonchev–Trinajstić information content (AvgIpc) is 2.32. The third kappa shape index (κ3) is 1.20. The highest BCUT2D eigenvalue weighted by Crippen LogP contribution is 2.35. The molecule has 1 fully saturated rings. The Morgan fingerprint density at radius 1 is 1.21 bits per heavy atom. The number of allylic oxidation sites excluding steroid dienone is 1. The molecule has 14 heavy (non-hydrogen) atoms. The summed E-state index contributed by atoms with van der Waals surface area (Å²) < 4.78 is 0. The van der Waals surface area contributed by atoms with E-state index in [1.54, 1.807) is 12.4 Å². The number of fused-ring (bicyclic) bond motifs is 2. The lowest BCUT2D eigenvalue weighted by atomic mass is 9.84. The van der Waals surface area contributed by atoms with Gasteiger partial charge in [0.2, 0.25) is 0 Å². The number of nitrogens with zero attached hydrogens (tertiary/aromatic N) is 3. The Kier molecular flexibility index (Phi) is 1.76. The molecule has 2 bridgehead atoms. The van der Waals surface area contributed by atoms with Gasteiger partial charge in [-0.3, -0.25) is 9.97 Å². The first-order valence-corrected chi connectivity index (χ1v) is 5.15. The van der Waals surface area contributed by atoms with Gasteiger partial charge in [0.15, 0.2) is 0 Å². The largest absolute Gasteiger partial charge is 0.377 e. The van der Waals surface area contributed by atoms with Crippen molar-refractivity contribution in [1.82, 2.24) is 14.9 Å². The maximum Gasteiger partial charge on any atom is 0.0862 e. The van der Waals surface area contributed by atoms with Crippen LogP contribution in [0.4, 0.5) is 0 Å². The number of hydrogen-bond donors (Lipinski definition) is 0. The minimum Gasteiger partial charge on any atom is -0.377 e. The molecule has 0 unspecified atom stereocenters. The van der Waals surface area contributed by atoms with Gasteiger partial charge >= 0.3 is 0 Å². The first kappa shape index (κ1) is 7.97. The molecule has 3 nitrogen and oxygen atoms in total. The van der Waals surface area contributed by atoms with E-state index < -0.39 is 0 Å². The van der Waals surface area contributed by atoms with Gasteiger partial charge in [-0.05, 0) is 24.3 Å². The van der Waals surface area contributed by atoms with Crippen LogP contribution in [0.5, 0.6) is 0 Å². The molecule has 3 aliphatic heterocycles. The van der Waals surface area contributed by atoms with Crippen LogP contribution in [0.15, 0.2) is 24.8 Å². The van der Waals surface area contributed by atoms with Crippen LogP contribution in [0.2, 0.25) is 0 Å². The van der Waals surface area contributed by atoms with E-state index in [0.29, 0.717) is 0 Å². The lowest BCUT2D eigenvalue weighted by Crippen LogP contribution is -2.35. The van der Waals surface area contributed by atoms with Crippen molar-refractivity contribution in [2.75, 3.05) is 13.1 Å². The second-order valence-electron chi connectivity index (χ2n) is 3.99. The van der Waals surface area contributed by atoms with Gasteiger partial charge in [-0.15, -0.1) is 0 Å². The maximum atomic E-state index is 4.36. The summed E-state index contributed by atoms with van der Waals surface area (Å²) in [4.78, 5) is 10.9. The smallest absolute Gasteiger partial charge is 0.0862 e. The molecule has 1 aromatic rings. The molecule has 72 valence electrons. The second-order valence-corrected chi connectivity index (χ2v) is 3.99. The minimum atomic E-state index is 0.719. The van der Waals surface area contributed by atoms with Gasteiger partial charge in [0.25, 0.3) is 0 Å². The number of piperidine rings is 1. The molecule has 0 N–H and O–H groups in total. The number of aromatic nitrogens is 2. The highest BCUT2D eigenvalue weighted by molar-refractivity contribution is 5.65. The fraction of sp³-hybridized carbons (Fsp3) is 0.455. The van der Waals surface area contributed by atoms with Crippen molar-refractivity contribution < 1.29 is 0 Å². The summed E-state index contributed by atoms with van der Waals surface area (Å²) in [6, 6.07) is 0. The van der Waals surface area contributed by atoms with Crippen LogP contribution in [0, 0.1) is 5.92 Å². The van der Waals surface area contributed by atoms with Gasteiger partial charge in [-0.25, -0.2) is 0 Å². The van der Waals surface area contributed by atoms with Crippen LogP contribution in [-0.2, 0) is 0 Å². The van der Waals surface area contributed by atoms with Crippen molar-refractivity contribution >= 4 is 5.57 Å². The van der Waals surface area contributed by atoms with Gasteiger partial charge in [0.05, 0.1) is 11.9 Å². The Hall–Kier alpha value is -1.38. The van der Waals surface area contributed by atoms with Gasteiger partial charge in [-0.1, -0.05) is 0 Å². The number of hydrogen-bond acceptors (Lipinski definition) is 3. The standard InChI is InChI=1S/C11H13N3/c1-5-14-6-2-9(1)10(8-14)11-7-12-3-4-13-11/h3-4,7-9H,1-2,5-6H2. The molecule has 1 saturated heterocycles. The van der Waals surface area contributed by atoms with E-state index in [1.165, 1.54) is 31.5 Å². The number of rotatable bonds is 1. The van der Waals surface area contributed by atoms with Crippen LogP contribution >= 0.6 is 0 Å². The molecule has 0 spiro atoms. The van der Waals surface area contributed by atoms with Crippen LogP contribution in [0.3, 0.4) is 0 Å². The monoisotopic (exact) mass is 187 g/mol. The fourth-order valence-corrected chi connectivity index (χ4v) is 2.37. The van der Waals surface area contributed by atoms with E-state index >= 15 is 0 Å². The third-order valence-corrected chi connectivity index (χ3v) is 3.15. The molecule has 0 atom stereocenters. The Morgan fingerprint density at radius 2 is 2.07 bits per heavy atom. The predicted octanol–water partition coefficient (Wildman–Crippen LogP) is 1.54. The molecule has 4 heterocycles. The van der Waals surface area contributed by atoms with Gasteiger partial charge < -0.3 is 4.90 Å². The van der Waals surface area contributed by atoms with Crippen molar-refractivity contribution in [2.45, 2.75) is 12.8 Å². The lowest BCUT2D eigenvalue weighted by Gasteiger charge is -2.38. The summed E-state index contributed by atoms with van der Waals surface area (Å²) in [5.74, 6) is 0.719. The van der Waals surface area contributed by atoms with Crippen molar-refractivity contribution in [3.63, 3.8) is 0 Å². The zero-order chi connectivity index (χ0) is 9.38. The molecule has 0 radical (unpaired) electrons. The quantitative estimate of drug-likeness (QED) is 0.668. The topological polar surface area (TPSA) is 29.0 Å².